The van der Waals surface area contributed by atoms with Gasteiger partial charge in [0.2, 0.25) is 5.91 Å². The average Bonchev–Trinajstić information content (AvgIpc) is 3.22. The number of rotatable bonds is 3. The molecule has 1 aromatic carbocycles. The predicted octanol–water partition coefficient (Wildman–Crippen LogP) is 2.98. The van der Waals surface area contributed by atoms with Crippen LogP contribution in [0, 0.1) is 25.7 Å². The topological polar surface area (TPSA) is 66.6 Å². The van der Waals surface area contributed by atoms with Crippen molar-refractivity contribution in [3.63, 3.8) is 0 Å². The lowest BCUT2D eigenvalue weighted by Crippen LogP contribution is -2.43. The molecule has 26 heavy (non-hydrogen) atoms. The Hall–Kier alpha value is -2.14. The largest absolute Gasteiger partial charge is 0.385 e. The van der Waals surface area contributed by atoms with Crippen LogP contribution in [0.25, 0.3) is 0 Å². The van der Waals surface area contributed by atoms with Crippen LogP contribution < -0.4 is 0 Å². The van der Waals surface area contributed by atoms with E-state index >= 15 is 0 Å². The van der Waals surface area contributed by atoms with E-state index in [2.05, 4.69) is 5.16 Å². The number of nitrogens with zero attached hydrogens (tertiary/aromatic N) is 2. The van der Waals surface area contributed by atoms with Crippen molar-refractivity contribution in [2.75, 3.05) is 13.1 Å². The summed E-state index contributed by atoms with van der Waals surface area (Å²) < 4.78 is 5.18. The van der Waals surface area contributed by atoms with Crippen LogP contribution in [0.1, 0.15) is 41.8 Å². The molecule has 2 fully saturated rings. The van der Waals surface area contributed by atoms with Crippen molar-refractivity contribution in [3.8, 4) is 0 Å². The van der Waals surface area contributed by atoms with Gasteiger partial charge in [0.05, 0.1) is 17.7 Å². The molecule has 1 saturated carbocycles. The van der Waals surface area contributed by atoms with Gasteiger partial charge in [0.25, 0.3) is 0 Å². The molecule has 0 bridgehead atoms. The molecule has 3 atom stereocenters. The molecule has 1 N–H and O–H groups in total. The molecule has 1 aliphatic carbocycles. The number of carbonyl (C=O) groups is 1. The summed E-state index contributed by atoms with van der Waals surface area (Å²) in [6.07, 6.45) is 3.17. The van der Waals surface area contributed by atoms with Crippen LogP contribution in [0.3, 0.4) is 0 Å². The van der Waals surface area contributed by atoms with E-state index in [1.165, 1.54) is 0 Å². The minimum atomic E-state index is -0.831. The first kappa shape index (κ1) is 17.3. The summed E-state index contributed by atoms with van der Waals surface area (Å²) in [5, 5.41) is 15.4. The third-order valence-corrected chi connectivity index (χ3v) is 6.32. The Balaban J connectivity index is 1.53. The van der Waals surface area contributed by atoms with Gasteiger partial charge in [-0.1, -0.05) is 35.5 Å². The third-order valence-electron chi connectivity index (χ3n) is 6.32. The molecule has 2 heterocycles. The number of carbonyl (C=O) groups excluding carboxylic acids is 1. The van der Waals surface area contributed by atoms with E-state index in [1.54, 1.807) is 0 Å². The molecule has 1 amide bonds. The fourth-order valence-corrected chi connectivity index (χ4v) is 4.83. The van der Waals surface area contributed by atoms with Crippen molar-refractivity contribution in [3.05, 3.63) is 52.9 Å². The highest BCUT2D eigenvalue weighted by atomic mass is 16.5. The maximum Gasteiger partial charge on any atom is 0.227 e. The summed E-state index contributed by atoms with van der Waals surface area (Å²) in [6.45, 7) is 5.08. The van der Waals surface area contributed by atoms with Gasteiger partial charge >= 0.3 is 0 Å². The Morgan fingerprint density at radius 3 is 2.77 bits per heavy atom. The molecule has 0 spiro atoms. The van der Waals surface area contributed by atoms with Crippen LogP contribution >= 0.6 is 0 Å². The molecule has 0 radical (unpaired) electrons. The highest BCUT2D eigenvalue weighted by Crippen LogP contribution is 2.48. The van der Waals surface area contributed by atoms with Crippen molar-refractivity contribution in [1.29, 1.82) is 0 Å². The first-order chi connectivity index (χ1) is 12.5. The van der Waals surface area contributed by atoms with Crippen molar-refractivity contribution >= 4 is 5.91 Å². The van der Waals surface area contributed by atoms with E-state index in [9.17, 15) is 9.90 Å². The van der Waals surface area contributed by atoms with Crippen LogP contribution in [-0.2, 0) is 16.8 Å². The van der Waals surface area contributed by atoms with Crippen molar-refractivity contribution in [2.24, 2.45) is 11.8 Å². The van der Waals surface area contributed by atoms with Gasteiger partial charge < -0.3 is 14.5 Å². The molecule has 5 heteroatoms. The number of aryl methyl sites for hydroxylation is 2. The van der Waals surface area contributed by atoms with Gasteiger partial charge in [0.1, 0.15) is 5.76 Å². The van der Waals surface area contributed by atoms with Crippen LogP contribution in [0.2, 0.25) is 0 Å². The minimum absolute atomic E-state index is 0.101. The van der Waals surface area contributed by atoms with Gasteiger partial charge in [-0.2, -0.15) is 0 Å². The fourth-order valence-electron chi connectivity index (χ4n) is 4.83. The SMILES string of the molecule is Cc1noc(C)c1CC(=O)N1C[C@@H]2CCC[C@@](O)(c3ccccc3)[C@@H]2C1. The number of hydrogen-bond acceptors (Lipinski definition) is 4. The second-order valence-electron chi connectivity index (χ2n) is 7.83. The third kappa shape index (κ3) is 2.84. The van der Waals surface area contributed by atoms with Crippen LogP contribution in [-0.4, -0.2) is 34.2 Å². The Morgan fingerprint density at radius 2 is 2.08 bits per heavy atom. The van der Waals surface area contributed by atoms with E-state index in [4.69, 9.17) is 4.52 Å². The second-order valence-corrected chi connectivity index (χ2v) is 7.83. The Labute approximate surface area is 154 Å². The molecule has 5 nitrogen and oxygen atoms in total. The van der Waals surface area contributed by atoms with Gasteiger partial charge in [-0.3, -0.25) is 4.79 Å². The quantitative estimate of drug-likeness (QED) is 0.920. The number of hydrogen-bond donors (Lipinski definition) is 1. The molecule has 1 aliphatic heterocycles. The maximum atomic E-state index is 12.9. The Morgan fingerprint density at radius 1 is 1.31 bits per heavy atom. The van der Waals surface area contributed by atoms with Crippen molar-refractivity contribution in [2.45, 2.75) is 45.1 Å². The number of aliphatic hydroxyl groups is 1. The first-order valence-corrected chi connectivity index (χ1v) is 9.46. The lowest BCUT2D eigenvalue weighted by Gasteiger charge is -2.41. The number of fused-ring (bicyclic) bond motifs is 1. The molecule has 2 aliphatic rings. The lowest BCUT2D eigenvalue weighted by atomic mass is 9.67. The van der Waals surface area contributed by atoms with Gasteiger partial charge in [-0.15, -0.1) is 0 Å². The number of benzene rings is 1. The number of aromatic nitrogens is 1. The second kappa shape index (κ2) is 6.54. The van der Waals surface area contributed by atoms with E-state index < -0.39 is 5.60 Å². The normalized spacial score (nSPS) is 28.2. The summed E-state index contributed by atoms with van der Waals surface area (Å²) >= 11 is 0. The van der Waals surface area contributed by atoms with Crippen LogP contribution in [0.5, 0.6) is 0 Å². The van der Waals surface area contributed by atoms with E-state index in [-0.39, 0.29) is 11.8 Å². The van der Waals surface area contributed by atoms with Crippen LogP contribution in [0.4, 0.5) is 0 Å². The van der Waals surface area contributed by atoms with Gasteiger partial charge in [-0.05, 0) is 44.6 Å². The van der Waals surface area contributed by atoms with Crippen molar-refractivity contribution < 1.29 is 14.4 Å². The monoisotopic (exact) mass is 354 g/mol. The minimum Gasteiger partial charge on any atom is -0.385 e. The Bertz CT molecular complexity index is 781. The summed E-state index contributed by atoms with van der Waals surface area (Å²) in [5.74, 6) is 1.28. The molecule has 0 unspecified atom stereocenters. The predicted molar refractivity (Wildman–Crippen MR) is 97.4 cm³/mol. The molecular weight excluding hydrogens is 328 g/mol. The summed E-state index contributed by atoms with van der Waals surface area (Å²) in [5.41, 5.74) is 1.83. The molecule has 138 valence electrons. The highest BCUT2D eigenvalue weighted by Gasteiger charge is 2.50. The van der Waals surface area contributed by atoms with Gasteiger partial charge in [0.15, 0.2) is 0 Å². The summed E-state index contributed by atoms with van der Waals surface area (Å²) in [7, 11) is 0. The lowest BCUT2D eigenvalue weighted by molar-refractivity contribution is -0.130. The molecule has 1 saturated heterocycles. The number of amides is 1. The van der Waals surface area contributed by atoms with E-state index in [0.717, 1.165) is 42.6 Å². The zero-order valence-electron chi connectivity index (χ0n) is 15.4. The van der Waals surface area contributed by atoms with Crippen LogP contribution in [0.15, 0.2) is 34.9 Å². The maximum absolute atomic E-state index is 12.9. The highest BCUT2D eigenvalue weighted by molar-refractivity contribution is 5.79. The van der Waals surface area contributed by atoms with Gasteiger partial charge in [-0.25, -0.2) is 0 Å². The number of likely N-dealkylation sites (tertiary alicyclic amines) is 1. The molecular formula is C21H26N2O3. The fraction of sp³-hybridized carbons (Fsp3) is 0.524. The summed E-state index contributed by atoms with van der Waals surface area (Å²) in [4.78, 5) is 14.8. The molecule has 1 aromatic heterocycles. The Kier molecular flexibility index (Phi) is 4.35. The summed E-state index contributed by atoms with van der Waals surface area (Å²) in [6, 6.07) is 9.95. The first-order valence-electron chi connectivity index (χ1n) is 9.46. The van der Waals surface area contributed by atoms with Gasteiger partial charge in [0, 0.05) is 24.6 Å². The van der Waals surface area contributed by atoms with E-state index in [1.807, 2.05) is 49.1 Å². The molecule has 2 aromatic rings. The zero-order chi connectivity index (χ0) is 18.3. The van der Waals surface area contributed by atoms with Crippen molar-refractivity contribution in [1.82, 2.24) is 10.1 Å². The standard InChI is InChI=1S/C21H26N2O3/c1-14-18(15(2)26-22-14)11-20(24)23-12-16-7-6-10-21(25,19(16)13-23)17-8-4-3-5-9-17/h3-5,8-9,16,19,25H,6-7,10-13H2,1-2H3/t16-,19+,21+/m0/s1. The zero-order valence-corrected chi connectivity index (χ0v) is 15.4. The molecule has 4 rings (SSSR count). The average molecular weight is 354 g/mol. The smallest absolute Gasteiger partial charge is 0.227 e. The van der Waals surface area contributed by atoms with E-state index in [0.29, 0.717) is 24.6 Å².